The van der Waals surface area contributed by atoms with E-state index in [9.17, 15) is 4.39 Å². The van der Waals surface area contributed by atoms with Crippen molar-refractivity contribution in [2.75, 3.05) is 0 Å². The first-order valence-corrected chi connectivity index (χ1v) is 5.56. The molecule has 0 heterocycles. The third-order valence-corrected chi connectivity index (χ3v) is 2.29. The minimum absolute atomic E-state index is 0.201. The highest BCUT2D eigenvalue weighted by Gasteiger charge is 1.94. The number of halogens is 1. The molecule has 1 heteroatoms. The van der Waals surface area contributed by atoms with Crippen LogP contribution in [0.5, 0.6) is 0 Å². The molecule has 88 valence electrons. The summed E-state index contributed by atoms with van der Waals surface area (Å²) in [6, 6.07) is 4.99. The summed E-state index contributed by atoms with van der Waals surface area (Å²) in [7, 11) is 0. The molecule has 0 spiro atoms. The first-order chi connectivity index (χ1) is 8.15. The Kier molecular flexibility index (Phi) is 5.15. The minimum atomic E-state index is -0.201. The third-order valence-electron chi connectivity index (χ3n) is 2.29. The van der Waals surface area contributed by atoms with Crippen molar-refractivity contribution in [3.63, 3.8) is 0 Å². The van der Waals surface area contributed by atoms with Crippen LogP contribution in [0.1, 0.15) is 18.1 Å². The minimum Gasteiger partial charge on any atom is -0.207 e. The maximum absolute atomic E-state index is 13.2. The van der Waals surface area contributed by atoms with E-state index in [2.05, 4.69) is 6.58 Å². The van der Waals surface area contributed by atoms with Crippen molar-refractivity contribution >= 4 is 6.08 Å². The van der Waals surface area contributed by atoms with Gasteiger partial charge in [-0.25, -0.2) is 4.39 Å². The van der Waals surface area contributed by atoms with Gasteiger partial charge in [0.25, 0.3) is 0 Å². The van der Waals surface area contributed by atoms with Crippen LogP contribution >= 0.6 is 0 Å². The molecular weight excluding hydrogens is 211 g/mol. The number of aryl methyl sites for hydroxylation is 1. The number of rotatable bonds is 4. The highest BCUT2D eigenvalue weighted by atomic mass is 19.1. The smallest absolute Gasteiger partial charge is 0.124 e. The standard InChI is InChI=1S/C16H17F/c1-4-6-7-14(5-2)8-9-15-10-13(3)11-16(17)12-15/h4-12H,1H2,2-3H3/b7-6-,9-8-,14-5+. The van der Waals surface area contributed by atoms with Crippen molar-refractivity contribution in [1.82, 2.24) is 0 Å². The van der Waals surface area contributed by atoms with Gasteiger partial charge in [0.2, 0.25) is 0 Å². The van der Waals surface area contributed by atoms with Gasteiger partial charge in [-0.1, -0.05) is 49.1 Å². The Morgan fingerprint density at radius 1 is 1.24 bits per heavy atom. The fraction of sp³-hybridized carbons (Fsp3) is 0.125. The highest BCUT2D eigenvalue weighted by Crippen LogP contribution is 2.11. The van der Waals surface area contributed by atoms with Gasteiger partial charge >= 0.3 is 0 Å². The van der Waals surface area contributed by atoms with Gasteiger partial charge in [0.15, 0.2) is 0 Å². The lowest BCUT2D eigenvalue weighted by Gasteiger charge is -1.98. The summed E-state index contributed by atoms with van der Waals surface area (Å²) in [5, 5.41) is 0. The summed E-state index contributed by atoms with van der Waals surface area (Å²) in [4.78, 5) is 0. The zero-order valence-electron chi connectivity index (χ0n) is 10.3. The van der Waals surface area contributed by atoms with E-state index in [4.69, 9.17) is 0 Å². The second-order valence-corrected chi connectivity index (χ2v) is 3.78. The second kappa shape index (κ2) is 6.64. The van der Waals surface area contributed by atoms with E-state index in [1.807, 2.05) is 50.3 Å². The van der Waals surface area contributed by atoms with Crippen LogP contribution in [0.15, 0.2) is 60.7 Å². The van der Waals surface area contributed by atoms with Crippen LogP contribution in [-0.4, -0.2) is 0 Å². The molecule has 0 bridgehead atoms. The van der Waals surface area contributed by atoms with Crippen LogP contribution in [0.4, 0.5) is 4.39 Å². The fourth-order valence-corrected chi connectivity index (χ4v) is 1.48. The van der Waals surface area contributed by atoms with Crippen molar-refractivity contribution in [3.8, 4) is 0 Å². The number of hydrogen-bond acceptors (Lipinski definition) is 0. The first-order valence-electron chi connectivity index (χ1n) is 5.56. The average molecular weight is 228 g/mol. The fourth-order valence-electron chi connectivity index (χ4n) is 1.48. The largest absolute Gasteiger partial charge is 0.207 e. The van der Waals surface area contributed by atoms with E-state index in [1.54, 1.807) is 6.08 Å². The zero-order valence-corrected chi connectivity index (χ0v) is 10.3. The molecule has 0 aliphatic rings. The Balaban J connectivity index is 2.89. The van der Waals surface area contributed by atoms with Crippen molar-refractivity contribution in [2.24, 2.45) is 0 Å². The predicted molar refractivity (Wildman–Crippen MR) is 73.3 cm³/mol. The van der Waals surface area contributed by atoms with Gasteiger partial charge in [0.1, 0.15) is 5.82 Å². The second-order valence-electron chi connectivity index (χ2n) is 3.78. The van der Waals surface area contributed by atoms with Crippen molar-refractivity contribution in [1.29, 1.82) is 0 Å². The van der Waals surface area contributed by atoms with Gasteiger partial charge in [-0.2, -0.15) is 0 Å². The van der Waals surface area contributed by atoms with Gasteiger partial charge in [0, 0.05) is 0 Å². The molecular formula is C16H17F. The highest BCUT2D eigenvalue weighted by molar-refractivity contribution is 5.55. The number of allylic oxidation sites excluding steroid dienone is 6. The molecule has 0 N–H and O–H groups in total. The molecule has 1 aromatic carbocycles. The van der Waals surface area contributed by atoms with Gasteiger partial charge < -0.3 is 0 Å². The Hall–Kier alpha value is -1.89. The van der Waals surface area contributed by atoms with Gasteiger partial charge in [-0.3, -0.25) is 0 Å². The molecule has 0 saturated heterocycles. The van der Waals surface area contributed by atoms with Crippen LogP contribution in [0.2, 0.25) is 0 Å². The summed E-state index contributed by atoms with van der Waals surface area (Å²) in [5.74, 6) is -0.201. The predicted octanol–water partition coefficient (Wildman–Crippen LogP) is 4.84. The van der Waals surface area contributed by atoms with Crippen LogP contribution in [0.25, 0.3) is 6.08 Å². The SMILES string of the molecule is C=C\C=C/C(/C=C\c1cc(C)cc(F)c1)=C\C. The number of hydrogen-bond donors (Lipinski definition) is 0. The Morgan fingerprint density at radius 3 is 2.59 bits per heavy atom. The number of benzene rings is 1. The Labute approximate surface area is 102 Å². The summed E-state index contributed by atoms with van der Waals surface area (Å²) >= 11 is 0. The zero-order chi connectivity index (χ0) is 12.7. The Bertz CT molecular complexity index is 456. The summed E-state index contributed by atoms with van der Waals surface area (Å²) in [6.07, 6.45) is 11.4. The lowest BCUT2D eigenvalue weighted by Crippen LogP contribution is -1.81. The van der Waals surface area contributed by atoms with Crippen molar-refractivity contribution in [3.05, 3.63) is 77.7 Å². The third kappa shape index (κ3) is 4.64. The molecule has 1 aromatic rings. The van der Waals surface area contributed by atoms with Crippen LogP contribution in [0, 0.1) is 12.7 Å². The van der Waals surface area contributed by atoms with Crippen LogP contribution in [0.3, 0.4) is 0 Å². The van der Waals surface area contributed by atoms with Gasteiger partial charge in [-0.05, 0) is 42.7 Å². The normalized spacial score (nSPS) is 12.5. The lowest BCUT2D eigenvalue weighted by atomic mass is 10.1. The monoisotopic (exact) mass is 228 g/mol. The van der Waals surface area contributed by atoms with E-state index in [1.165, 1.54) is 12.1 Å². The Morgan fingerprint density at radius 2 is 2.00 bits per heavy atom. The van der Waals surface area contributed by atoms with Gasteiger partial charge in [0.05, 0.1) is 0 Å². The van der Waals surface area contributed by atoms with E-state index in [-0.39, 0.29) is 5.82 Å². The van der Waals surface area contributed by atoms with Gasteiger partial charge in [-0.15, -0.1) is 0 Å². The van der Waals surface area contributed by atoms with E-state index < -0.39 is 0 Å². The molecule has 0 amide bonds. The topological polar surface area (TPSA) is 0 Å². The van der Waals surface area contributed by atoms with E-state index in [0.717, 1.165) is 16.7 Å². The molecule has 0 atom stereocenters. The first kappa shape index (κ1) is 13.2. The quantitative estimate of drug-likeness (QED) is 0.647. The van der Waals surface area contributed by atoms with E-state index >= 15 is 0 Å². The summed E-state index contributed by atoms with van der Waals surface area (Å²) in [5.41, 5.74) is 2.86. The maximum Gasteiger partial charge on any atom is 0.124 e. The molecule has 0 saturated carbocycles. The molecule has 0 aliphatic carbocycles. The van der Waals surface area contributed by atoms with Crippen molar-refractivity contribution < 1.29 is 4.39 Å². The molecule has 0 radical (unpaired) electrons. The van der Waals surface area contributed by atoms with E-state index in [0.29, 0.717) is 0 Å². The molecule has 0 unspecified atom stereocenters. The molecule has 0 aliphatic heterocycles. The van der Waals surface area contributed by atoms with Crippen LogP contribution < -0.4 is 0 Å². The molecule has 17 heavy (non-hydrogen) atoms. The molecule has 1 rings (SSSR count). The molecule has 0 nitrogen and oxygen atoms in total. The maximum atomic E-state index is 13.2. The molecule has 0 aromatic heterocycles. The van der Waals surface area contributed by atoms with Crippen LogP contribution in [-0.2, 0) is 0 Å². The summed E-state index contributed by atoms with van der Waals surface area (Å²) < 4.78 is 13.2. The van der Waals surface area contributed by atoms with Crippen molar-refractivity contribution in [2.45, 2.75) is 13.8 Å². The average Bonchev–Trinajstić information content (AvgIpc) is 2.28. The molecule has 0 fully saturated rings. The summed E-state index contributed by atoms with van der Waals surface area (Å²) in [6.45, 7) is 7.47. The lowest BCUT2D eigenvalue weighted by molar-refractivity contribution is 0.626.